The molecule has 0 unspecified atom stereocenters. The van der Waals surface area contributed by atoms with Gasteiger partial charge in [-0.2, -0.15) is 13.2 Å². The third-order valence-electron chi connectivity index (χ3n) is 3.26. The van der Waals surface area contributed by atoms with Crippen molar-refractivity contribution < 1.29 is 27.1 Å². The molecule has 0 aliphatic heterocycles. The largest absolute Gasteiger partial charge is 0.453 e. The molecule has 0 saturated heterocycles. The lowest BCUT2D eigenvalue weighted by Gasteiger charge is -2.13. The number of halogens is 3. The lowest BCUT2D eigenvalue weighted by atomic mass is 10.1. The molecule has 9 heteroatoms. The Morgan fingerprint density at radius 3 is 2.62 bits per heavy atom. The average molecular weight is 338 g/mol. The highest BCUT2D eigenvalue weighted by molar-refractivity contribution is 5.93. The zero-order valence-corrected chi connectivity index (χ0v) is 12.1. The van der Waals surface area contributed by atoms with Crippen LogP contribution in [0.2, 0.25) is 0 Å². The van der Waals surface area contributed by atoms with Crippen LogP contribution in [0.4, 0.5) is 23.7 Å². The highest BCUT2D eigenvalue weighted by Crippen LogP contribution is 2.35. The summed E-state index contributed by atoms with van der Waals surface area (Å²) in [6.07, 6.45) is -5.98. The van der Waals surface area contributed by atoms with Crippen molar-refractivity contribution in [2.24, 2.45) is 0 Å². The summed E-state index contributed by atoms with van der Waals surface area (Å²) in [7, 11) is 0.999. The van der Waals surface area contributed by atoms with E-state index in [4.69, 9.17) is 4.42 Å². The van der Waals surface area contributed by atoms with Crippen LogP contribution in [0.3, 0.4) is 0 Å². The molecule has 0 fully saturated rings. The third-order valence-corrected chi connectivity index (χ3v) is 3.26. The number of anilines is 1. The van der Waals surface area contributed by atoms with Crippen LogP contribution >= 0.6 is 0 Å². The maximum atomic E-state index is 13.2. The van der Waals surface area contributed by atoms with Crippen LogP contribution in [-0.4, -0.2) is 18.2 Å². The number of ether oxygens (including phenoxy) is 1. The average Bonchev–Trinajstić information content (AvgIpc) is 2.54. The monoisotopic (exact) mass is 338 g/mol. The standard InChI is InChI=1S/C15H9F3N2O4/c1-23-14(22)19-9-6-8-11(21)7-4-2-3-5-10(7)24-13(8)20-12(9)15(16,17)18/h2-6H,1H3,(H,19,22). The minimum atomic E-state index is -4.87. The molecule has 0 saturated carbocycles. The van der Waals surface area contributed by atoms with Crippen molar-refractivity contribution in [3.05, 3.63) is 46.2 Å². The Labute approximate surface area is 131 Å². The second kappa shape index (κ2) is 5.52. The molecule has 0 bridgehead atoms. The minimum Gasteiger partial charge on any atom is -0.453 e. The molecule has 3 rings (SSSR count). The van der Waals surface area contributed by atoms with E-state index in [1.807, 2.05) is 5.32 Å². The Bertz CT molecular complexity index is 1010. The highest BCUT2D eigenvalue weighted by Gasteiger charge is 2.37. The minimum absolute atomic E-state index is 0.115. The lowest BCUT2D eigenvalue weighted by Crippen LogP contribution is -2.18. The van der Waals surface area contributed by atoms with Crippen molar-refractivity contribution in [1.82, 2.24) is 4.98 Å². The van der Waals surface area contributed by atoms with Crippen molar-refractivity contribution in [3.8, 4) is 0 Å². The summed E-state index contributed by atoms with van der Waals surface area (Å²) in [5, 5.41) is 1.91. The molecular formula is C15H9F3N2O4. The molecule has 124 valence electrons. The fourth-order valence-electron chi connectivity index (χ4n) is 2.20. The first-order chi connectivity index (χ1) is 11.3. The van der Waals surface area contributed by atoms with Crippen molar-refractivity contribution in [3.63, 3.8) is 0 Å². The van der Waals surface area contributed by atoms with E-state index < -0.39 is 34.8 Å². The van der Waals surface area contributed by atoms with Crippen molar-refractivity contribution in [2.45, 2.75) is 6.18 Å². The number of pyridine rings is 1. The SMILES string of the molecule is COC(=O)Nc1cc2c(=O)c3ccccc3oc2nc1C(F)(F)F. The Kier molecular flexibility index (Phi) is 3.63. The Morgan fingerprint density at radius 2 is 1.96 bits per heavy atom. The number of hydrogen-bond acceptors (Lipinski definition) is 5. The zero-order valence-electron chi connectivity index (χ0n) is 12.1. The van der Waals surface area contributed by atoms with Crippen molar-refractivity contribution in [2.75, 3.05) is 12.4 Å². The summed E-state index contributed by atoms with van der Waals surface area (Å²) in [6, 6.07) is 6.98. The Morgan fingerprint density at radius 1 is 1.25 bits per heavy atom. The Balaban J connectivity index is 2.36. The maximum Gasteiger partial charge on any atom is 0.435 e. The van der Waals surface area contributed by atoms with Crippen molar-refractivity contribution in [1.29, 1.82) is 0 Å². The second-order valence-corrected chi connectivity index (χ2v) is 4.78. The number of carbonyl (C=O) groups is 1. The molecule has 24 heavy (non-hydrogen) atoms. The van der Waals surface area contributed by atoms with E-state index in [1.165, 1.54) is 12.1 Å². The first-order valence-electron chi connectivity index (χ1n) is 6.60. The van der Waals surface area contributed by atoms with Gasteiger partial charge in [-0.25, -0.2) is 9.78 Å². The molecule has 0 aliphatic carbocycles. The van der Waals surface area contributed by atoms with Gasteiger partial charge in [-0.3, -0.25) is 10.1 Å². The summed E-state index contributed by atoms with van der Waals surface area (Å²) in [6.45, 7) is 0. The third kappa shape index (κ3) is 2.64. The molecule has 0 spiro atoms. The summed E-state index contributed by atoms with van der Waals surface area (Å²) >= 11 is 0. The molecule has 3 aromatic rings. The number of carbonyl (C=O) groups excluding carboxylic acids is 1. The van der Waals surface area contributed by atoms with Crippen molar-refractivity contribution >= 4 is 33.8 Å². The van der Waals surface area contributed by atoms with Crippen LogP contribution in [0.15, 0.2) is 39.5 Å². The Hall–Kier alpha value is -3.10. The van der Waals surface area contributed by atoms with E-state index >= 15 is 0 Å². The van der Waals surface area contributed by atoms with Gasteiger partial charge >= 0.3 is 12.3 Å². The number of nitrogens with one attached hydrogen (secondary N) is 1. The number of aromatic nitrogens is 1. The number of benzene rings is 1. The van der Waals surface area contributed by atoms with Gasteiger partial charge in [-0.1, -0.05) is 12.1 Å². The number of alkyl halides is 3. The number of hydrogen-bond donors (Lipinski definition) is 1. The van der Waals surface area contributed by atoms with Crippen LogP contribution in [0.5, 0.6) is 0 Å². The lowest BCUT2D eigenvalue weighted by molar-refractivity contribution is -0.140. The fourth-order valence-corrected chi connectivity index (χ4v) is 2.20. The number of methoxy groups -OCH3 is 1. The zero-order chi connectivity index (χ0) is 17.5. The van der Waals surface area contributed by atoms with Gasteiger partial charge in [-0.15, -0.1) is 0 Å². The predicted octanol–water partition coefficient (Wildman–Crippen LogP) is 3.54. The smallest absolute Gasteiger partial charge is 0.435 e. The quantitative estimate of drug-likeness (QED) is 0.686. The van der Waals surface area contributed by atoms with Crippen LogP contribution in [-0.2, 0) is 10.9 Å². The molecular weight excluding hydrogens is 329 g/mol. The second-order valence-electron chi connectivity index (χ2n) is 4.78. The van der Waals surface area contributed by atoms with Gasteiger partial charge in [0.05, 0.1) is 23.6 Å². The topological polar surface area (TPSA) is 81.4 Å². The van der Waals surface area contributed by atoms with Gasteiger partial charge in [0.15, 0.2) is 5.69 Å². The van der Waals surface area contributed by atoms with E-state index in [9.17, 15) is 22.8 Å². The molecule has 1 amide bonds. The van der Waals surface area contributed by atoms with Gasteiger partial charge in [0.2, 0.25) is 11.1 Å². The molecule has 2 aromatic heterocycles. The number of amides is 1. The van der Waals surface area contributed by atoms with Crippen LogP contribution < -0.4 is 10.7 Å². The van der Waals surface area contributed by atoms with E-state index in [1.54, 1.807) is 12.1 Å². The van der Waals surface area contributed by atoms with Gasteiger partial charge < -0.3 is 9.15 Å². The normalized spacial score (nSPS) is 11.7. The molecule has 1 N–H and O–H groups in total. The summed E-state index contributed by atoms with van der Waals surface area (Å²) in [5.74, 6) is 0. The summed E-state index contributed by atoms with van der Waals surface area (Å²) in [5.41, 5.74) is -2.99. The van der Waals surface area contributed by atoms with Gasteiger partial charge in [-0.05, 0) is 18.2 Å². The van der Waals surface area contributed by atoms with Crippen LogP contribution in [0.25, 0.3) is 22.1 Å². The number of para-hydroxylation sites is 1. The summed E-state index contributed by atoms with van der Waals surface area (Å²) in [4.78, 5) is 27.1. The predicted molar refractivity (Wildman–Crippen MR) is 78.8 cm³/mol. The van der Waals surface area contributed by atoms with E-state index in [2.05, 4.69) is 9.72 Å². The molecule has 0 atom stereocenters. The van der Waals surface area contributed by atoms with E-state index in [0.717, 1.165) is 13.2 Å². The summed E-state index contributed by atoms with van der Waals surface area (Å²) < 4.78 is 49.1. The number of nitrogens with zero attached hydrogens (tertiary/aromatic N) is 1. The molecule has 2 heterocycles. The van der Waals surface area contributed by atoms with E-state index in [0.29, 0.717) is 0 Å². The fraction of sp³-hybridized carbons (Fsp3) is 0.133. The number of fused-ring (bicyclic) bond motifs is 2. The van der Waals surface area contributed by atoms with Gasteiger partial charge in [0, 0.05) is 0 Å². The molecule has 0 radical (unpaired) electrons. The molecule has 1 aromatic carbocycles. The first kappa shape index (κ1) is 15.8. The number of rotatable bonds is 1. The van der Waals surface area contributed by atoms with Gasteiger partial charge in [0.1, 0.15) is 5.58 Å². The van der Waals surface area contributed by atoms with Crippen LogP contribution in [0, 0.1) is 0 Å². The highest BCUT2D eigenvalue weighted by atomic mass is 19.4. The maximum absolute atomic E-state index is 13.2. The van der Waals surface area contributed by atoms with E-state index in [-0.39, 0.29) is 16.4 Å². The molecule has 6 nitrogen and oxygen atoms in total. The molecule has 0 aliphatic rings. The van der Waals surface area contributed by atoms with Crippen LogP contribution in [0.1, 0.15) is 5.69 Å². The van der Waals surface area contributed by atoms with Gasteiger partial charge in [0.25, 0.3) is 0 Å². The first-order valence-corrected chi connectivity index (χ1v) is 6.60.